The van der Waals surface area contributed by atoms with Gasteiger partial charge in [0.05, 0.1) is 0 Å². The smallest absolute Gasteiger partial charge is 0.335 e. The predicted molar refractivity (Wildman–Crippen MR) is 40.4 cm³/mol. The third kappa shape index (κ3) is 2.14. The molecule has 1 fully saturated rings. The van der Waals surface area contributed by atoms with Gasteiger partial charge in [0.25, 0.3) is 5.91 Å². The molecule has 0 unspecified atom stereocenters. The van der Waals surface area contributed by atoms with Crippen LogP contribution in [0.3, 0.4) is 0 Å². The Hall–Kier alpha value is -0.850. The number of rotatable bonds is 2. The van der Waals surface area contributed by atoms with Crippen molar-refractivity contribution in [3.05, 3.63) is 0 Å². The molecule has 0 radical (unpaired) electrons. The highest BCUT2D eigenvalue weighted by atomic mass is 19.3. The zero-order chi connectivity index (χ0) is 10.8. The monoisotopic (exact) mass is 214 g/mol. The molecule has 1 N–H and O–H groups in total. The van der Waals surface area contributed by atoms with E-state index in [1.807, 2.05) is 0 Å². The van der Waals surface area contributed by atoms with E-state index in [0.717, 1.165) is 4.90 Å². The molecule has 3 nitrogen and oxygen atoms in total. The molecule has 1 aliphatic rings. The molecule has 1 saturated heterocycles. The van der Waals surface area contributed by atoms with E-state index in [1.54, 1.807) is 0 Å². The number of hydrogen-bond donors (Lipinski definition) is 1. The van der Waals surface area contributed by atoms with Crippen LogP contribution in [0.15, 0.2) is 0 Å². The van der Waals surface area contributed by atoms with Crippen LogP contribution in [-0.2, 0) is 4.79 Å². The number of amides is 1. The highest BCUT2D eigenvalue weighted by Gasteiger charge is 2.51. The van der Waals surface area contributed by atoms with E-state index in [9.17, 15) is 22.4 Å². The lowest BCUT2D eigenvalue weighted by atomic mass is 10.2. The lowest BCUT2D eigenvalue weighted by Gasteiger charge is -2.30. The number of nitrogens with one attached hydrogen (secondary N) is 1. The molecule has 1 aliphatic heterocycles. The van der Waals surface area contributed by atoms with E-state index >= 15 is 0 Å². The quantitative estimate of drug-likeness (QED) is 0.671. The Morgan fingerprint density at radius 1 is 1.29 bits per heavy atom. The first-order chi connectivity index (χ1) is 6.46. The van der Waals surface area contributed by atoms with Gasteiger partial charge in [-0.25, -0.2) is 8.78 Å². The number of piperazine rings is 1. The Morgan fingerprint density at radius 3 is 2.21 bits per heavy atom. The summed E-state index contributed by atoms with van der Waals surface area (Å²) in [5, 5.41) is 2.82. The van der Waals surface area contributed by atoms with Crippen molar-refractivity contribution in [3.63, 3.8) is 0 Å². The van der Waals surface area contributed by atoms with Crippen molar-refractivity contribution in [2.45, 2.75) is 12.3 Å². The summed E-state index contributed by atoms with van der Waals surface area (Å²) in [5.41, 5.74) is 0. The summed E-state index contributed by atoms with van der Waals surface area (Å²) in [6.07, 6.45) is -3.94. The summed E-state index contributed by atoms with van der Waals surface area (Å²) in [6.45, 7) is 0.790. The molecule has 0 atom stereocenters. The Balaban J connectivity index is 2.63. The topological polar surface area (TPSA) is 32.3 Å². The fourth-order valence-electron chi connectivity index (χ4n) is 1.17. The van der Waals surface area contributed by atoms with Crippen molar-refractivity contribution in [2.75, 3.05) is 26.2 Å². The first-order valence-electron chi connectivity index (χ1n) is 4.12. The van der Waals surface area contributed by atoms with E-state index < -0.39 is 18.3 Å². The second-order valence-corrected chi connectivity index (χ2v) is 2.97. The van der Waals surface area contributed by atoms with Crippen molar-refractivity contribution in [2.24, 2.45) is 0 Å². The highest BCUT2D eigenvalue weighted by Crippen LogP contribution is 2.25. The van der Waals surface area contributed by atoms with Crippen LogP contribution in [0.1, 0.15) is 0 Å². The Labute approximate surface area is 78.1 Å². The Morgan fingerprint density at radius 2 is 1.79 bits per heavy atom. The summed E-state index contributed by atoms with van der Waals surface area (Å²) >= 11 is 0. The van der Waals surface area contributed by atoms with E-state index in [2.05, 4.69) is 5.32 Å². The standard InChI is InChI=1S/C7H10F4N2O/c8-5(9)7(10,11)6(14)13-3-1-12-2-4-13/h5,12H,1-4H2. The highest BCUT2D eigenvalue weighted by molar-refractivity contribution is 5.84. The molecule has 1 heterocycles. The molecule has 1 amide bonds. The fourth-order valence-corrected chi connectivity index (χ4v) is 1.17. The van der Waals surface area contributed by atoms with Crippen molar-refractivity contribution < 1.29 is 22.4 Å². The molecule has 0 spiro atoms. The molecule has 1 rings (SSSR count). The number of carbonyl (C=O) groups excluding carboxylic acids is 1. The number of hydrogen-bond acceptors (Lipinski definition) is 2. The van der Waals surface area contributed by atoms with Crippen LogP contribution < -0.4 is 5.32 Å². The van der Waals surface area contributed by atoms with Gasteiger partial charge in [0, 0.05) is 26.2 Å². The van der Waals surface area contributed by atoms with Crippen molar-refractivity contribution in [1.82, 2.24) is 10.2 Å². The van der Waals surface area contributed by atoms with Crippen LogP contribution >= 0.6 is 0 Å². The zero-order valence-electron chi connectivity index (χ0n) is 7.27. The summed E-state index contributed by atoms with van der Waals surface area (Å²) in [4.78, 5) is 11.7. The van der Waals surface area contributed by atoms with Crippen LogP contribution in [0.25, 0.3) is 0 Å². The second-order valence-electron chi connectivity index (χ2n) is 2.97. The van der Waals surface area contributed by atoms with Crippen LogP contribution in [0.4, 0.5) is 17.6 Å². The van der Waals surface area contributed by atoms with E-state index in [1.165, 1.54) is 0 Å². The minimum absolute atomic E-state index is 0.0428. The SMILES string of the molecule is O=C(N1CCNCC1)C(F)(F)C(F)F. The van der Waals surface area contributed by atoms with Gasteiger partial charge in [-0.15, -0.1) is 0 Å². The first-order valence-corrected chi connectivity index (χ1v) is 4.12. The van der Waals surface area contributed by atoms with E-state index in [-0.39, 0.29) is 13.1 Å². The number of carbonyl (C=O) groups is 1. The lowest BCUT2D eigenvalue weighted by molar-refractivity contribution is -0.181. The largest absolute Gasteiger partial charge is 0.383 e. The minimum atomic E-state index is -4.56. The van der Waals surface area contributed by atoms with Gasteiger partial charge in [-0.3, -0.25) is 4.79 Å². The van der Waals surface area contributed by atoms with Gasteiger partial charge in [-0.2, -0.15) is 8.78 Å². The van der Waals surface area contributed by atoms with Crippen LogP contribution in [0.2, 0.25) is 0 Å². The minimum Gasteiger partial charge on any atom is -0.335 e. The molecular formula is C7H10F4N2O. The maximum absolute atomic E-state index is 12.6. The normalized spacial score (nSPS) is 18.8. The van der Waals surface area contributed by atoms with E-state index in [0.29, 0.717) is 13.1 Å². The molecule has 0 bridgehead atoms. The predicted octanol–water partition coefficient (Wildman–Crippen LogP) is 0.319. The zero-order valence-corrected chi connectivity index (χ0v) is 7.27. The molecule has 0 aromatic heterocycles. The van der Waals surface area contributed by atoms with Gasteiger partial charge in [-0.1, -0.05) is 0 Å². The number of nitrogens with zero attached hydrogens (tertiary/aromatic N) is 1. The van der Waals surface area contributed by atoms with Gasteiger partial charge >= 0.3 is 12.3 Å². The molecular weight excluding hydrogens is 204 g/mol. The Bertz CT molecular complexity index is 216. The molecule has 0 saturated carbocycles. The molecule has 7 heteroatoms. The van der Waals surface area contributed by atoms with Crippen molar-refractivity contribution in [3.8, 4) is 0 Å². The van der Waals surface area contributed by atoms with Gasteiger partial charge in [0.15, 0.2) is 0 Å². The van der Waals surface area contributed by atoms with Crippen LogP contribution in [-0.4, -0.2) is 49.3 Å². The summed E-state index contributed by atoms with van der Waals surface area (Å²) in [5.74, 6) is -6.34. The van der Waals surface area contributed by atoms with E-state index in [4.69, 9.17) is 0 Å². The number of halogens is 4. The lowest BCUT2D eigenvalue weighted by Crippen LogP contribution is -2.54. The third-order valence-corrected chi connectivity index (χ3v) is 1.96. The van der Waals surface area contributed by atoms with Crippen LogP contribution in [0.5, 0.6) is 0 Å². The molecule has 0 aliphatic carbocycles. The molecule has 14 heavy (non-hydrogen) atoms. The third-order valence-electron chi connectivity index (χ3n) is 1.96. The van der Waals surface area contributed by atoms with Crippen molar-refractivity contribution in [1.29, 1.82) is 0 Å². The Kier molecular flexibility index (Phi) is 3.30. The van der Waals surface area contributed by atoms with Crippen molar-refractivity contribution >= 4 is 5.91 Å². The summed E-state index contributed by atoms with van der Waals surface area (Å²) < 4.78 is 48.7. The van der Waals surface area contributed by atoms with Gasteiger partial charge in [0.2, 0.25) is 0 Å². The van der Waals surface area contributed by atoms with Gasteiger partial charge in [0.1, 0.15) is 0 Å². The average Bonchev–Trinajstić information content (AvgIpc) is 2.17. The van der Waals surface area contributed by atoms with Crippen LogP contribution in [0, 0.1) is 0 Å². The van der Waals surface area contributed by atoms with Gasteiger partial charge in [-0.05, 0) is 0 Å². The molecule has 82 valence electrons. The maximum atomic E-state index is 12.6. The van der Waals surface area contributed by atoms with Gasteiger partial charge < -0.3 is 10.2 Å². The molecule has 0 aromatic carbocycles. The first kappa shape index (κ1) is 11.2. The summed E-state index contributed by atoms with van der Waals surface area (Å²) in [6, 6.07) is 0. The average molecular weight is 214 g/mol. The summed E-state index contributed by atoms with van der Waals surface area (Å²) in [7, 11) is 0. The fraction of sp³-hybridized carbons (Fsp3) is 0.857. The maximum Gasteiger partial charge on any atom is 0.383 e. The second kappa shape index (κ2) is 4.12. The number of alkyl halides is 4. The molecule has 0 aromatic rings.